The Bertz CT molecular complexity index is 670. The van der Waals surface area contributed by atoms with Crippen molar-refractivity contribution in [1.82, 2.24) is 10.2 Å². The molecule has 0 aliphatic carbocycles. The molecular formula is C20H26N2O5. The molecule has 27 heavy (non-hydrogen) atoms. The number of nitrogens with zero attached hydrogens (tertiary/aromatic N) is 1. The molecule has 0 unspecified atom stereocenters. The SMILES string of the molecule is O=C(NC1CCN(C(=O)CCc2ccccc2)CC1)[C@@H]1CC[C@H](C(=O)O)O1. The molecule has 7 heteroatoms. The van der Waals surface area contributed by atoms with Crippen molar-refractivity contribution < 1.29 is 24.2 Å². The molecule has 2 heterocycles. The number of ether oxygens (including phenoxy) is 1. The first-order valence-corrected chi connectivity index (χ1v) is 9.53. The molecule has 1 aromatic rings. The molecular weight excluding hydrogens is 348 g/mol. The van der Waals surface area contributed by atoms with Gasteiger partial charge in [0.2, 0.25) is 11.8 Å². The molecule has 0 saturated carbocycles. The molecule has 2 saturated heterocycles. The van der Waals surface area contributed by atoms with E-state index < -0.39 is 18.2 Å². The monoisotopic (exact) mass is 374 g/mol. The third kappa shape index (κ3) is 5.29. The van der Waals surface area contributed by atoms with Crippen molar-refractivity contribution >= 4 is 17.8 Å². The summed E-state index contributed by atoms with van der Waals surface area (Å²) >= 11 is 0. The van der Waals surface area contributed by atoms with Crippen molar-refractivity contribution in [3.63, 3.8) is 0 Å². The lowest BCUT2D eigenvalue weighted by molar-refractivity contribution is -0.152. The van der Waals surface area contributed by atoms with E-state index in [4.69, 9.17) is 9.84 Å². The van der Waals surface area contributed by atoms with Crippen molar-refractivity contribution in [2.75, 3.05) is 13.1 Å². The fraction of sp³-hybridized carbons (Fsp3) is 0.550. The summed E-state index contributed by atoms with van der Waals surface area (Å²) in [6, 6.07) is 9.96. The van der Waals surface area contributed by atoms with Crippen LogP contribution in [0.2, 0.25) is 0 Å². The topological polar surface area (TPSA) is 95.9 Å². The number of carbonyl (C=O) groups excluding carboxylic acids is 2. The normalized spacial score (nSPS) is 23.2. The van der Waals surface area contributed by atoms with Crippen molar-refractivity contribution in [3.05, 3.63) is 35.9 Å². The van der Waals surface area contributed by atoms with Gasteiger partial charge in [-0.25, -0.2) is 4.79 Å². The highest BCUT2D eigenvalue weighted by Crippen LogP contribution is 2.21. The lowest BCUT2D eigenvalue weighted by Gasteiger charge is -2.33. The summed E-state index contributed by atoms with van der Waals surface area (Å²) in [6.07, 6.45) is 1.87. The Morgan fingerprint density at radius 1 is 1.04 bits per heavy atom. The van der Waals surface area contributed by atoms with Crippen molar-refractivity contribution in [2.24, 2.45) is 0 Å². The van der Waals surface area contributed by atoms with E-state index in [-0.39, 0.29) is 17.9 Å². The molecule has 2 fully saturated rings. The molecule has 0 spiro atoms. The number of carboxylic acids is 1. The van der Waals surface area contributed by atoms with Crippen LogP contribution in [0.4, 0.5) is 0 Å². The largest absolute Gasteiger partial charge is 0.479 e. The van der Waals surface area contributed by atoms with Crippen LogP contribution < -0.4 is 5.32 Å². The fourth-order valence-corrected chi connectivity index (χ4v) is 3.63. The van der Waals surface area contributed by atoms with Gasteiger partial charge in [-0.05, 0) is 37.7 Å². The minimum Gasteiger partial charge on any atom is -0.479 e. The maximum atomic E-state index is 12.4. The average Bonchev–Trinajstić information content (AvgIpc) is 3.18. The van der Waals surface area contributed by atoms with Crippen LogP contribution in [0.3, 0.4) is 0 Å². The Balaban J connectivity index is 1.38. The van der Waals surface area contributed by atoms with Gasteiger partial charge in [-0.3, -0.25) is 9.59 Å². The number of hydrogen-bond donors (Lipinski definition) is 2. The maximum absolute atomic E-state index is 12.4. The molecule has 0 bridgehead atoms. The number of carboxylic acid groups (broad SMARTS) is 1. The lowest BCUT2D eigenvalue weighted by atomic mass is 10.0. The van der Waals surface area contributed by atoms with Crippen LogP contribution in [-0.2, 0) is 25.5 Å². The van der Waals surface area contributed by atoms with Gasteiger partial charge >= 0.3 is 5.97 Å². The zero-order valence-corrected chi connectivity index (χ0v) is 15.3. The Hall–Kier alpha value is -2.41. The molecule has 2 aliphatic rings. The van der Waals surface area contributed by atoms with Crippen molar-refractivity contribution in [1.29, 1.82) is 0 Å². The molecule has 0 radical (unpaired) electrons. The van der Waals surface area contributed by atoms with E-state index in [1.807, 2.05) is 35.2 Å². The minimum atomic E-state index is -1.02. The predicted octanol–water partition coefficient (Wildman–Crippen LogP) is 1.36. The zero-order chi connectivity index (χ0) is 19.2. The Labute approximate surface area is 158 Å². The summed E-state index contributed by atoms with van der Waals surface area (Å²) in [4.78, 5) is 37.4. The van der Waals surface area contributed by atoms with Gasteiger partial charge in [-0.1, -0.05) is 30.3 Å². The molecule has 2 amide bonds. The van der Waals surface area contributed by atoms with E-state index in [0.717, 1.165) is 12.0 Å². The molecule has 1 aromatic carbocycles. The molecule has 3 rings (SSSR count). The lowest BCUT2D eigenvalue weighted by Crippen LogP contribution is -2.49. The second kappa shape index (κ2) is 8.99. The third-order valence-corrected chi connectivity index (χ3v) is 5.25. The number of benzene rings is 1. The third-order valence-electron chi connectivity index (χ3n) is 5.25. The van der Waals surface area contributed by atoms with Crippen molar-refractivity contribution in [3.8, 4) is 0 Å². The fourth-order valence-electron chi connectivity index (χ4n) is 3.63. The highest BCUT2D eigenvalue weighted by molar-refractivity contribution is 5.83. The second-order valence-corrected chi connectivity index (χ2v) is 7.18. The number of aryl methyl sites for hydroxylation is 1. The van der Waals surface area contributed by atoms with Crippen molar-refractivity contribution in [2.45, 2.75) is 56.8 Å². The standard InChI is InChI=1S/C20H26N2O5/c23-18(9-6-14-4-2-1-3-5-14)22-12-10-15(11-13-22)21-19(24)16-7-8-17(27-16)20(25)26/h1-5,15-17H,6-13H2,(H,21,24)(H,25,26)/t16-,17+/m0/s1. The van der Waals surface area contributed by atoms with Crippen LogP contribution in [0, 0.1) is 0 Å². The van der Waals surface area contributed by atoms with E-state index in [9.17, 15) is 14.4 Å². The second-order valence-electron chi connectivity index (χ2n) is 7.18. The number of amides is 2. The summed E-state index contributed by atoms with van der Waals surface area (Å²) in [7, 11) is 0. The number of piperidine rings is 1. The first-order chi connectivity index (χ1) is 13.0. The summed E-state index contributed by atoms with van der Waals surface area (Å²) in [5.74, 6) is -1.12. The van der Waals surface area contributed by atoms with E-state index in [2.05, 4.69) is 5.32 Å². The van der Waals surface area contributed by atoms with Crippen LogP contribution in [0.5, 0.6) is 0 Å². The van der Waals surface area contributed by atoms with Gasteiger partial charge < -0.3 is 20.1 Å². The highest BCUT2D eigenvalue weighted by Gasteiger charge is 2.35. The first-order valence-electron chi connectivity index (χ1n) is 9.53. The molecule has 146 valence electrons. The van der Waals surface area contributed by atoms with E-state index in [1.54, 1.807) is 0 Å². The van der Waals surface area contributed by atoms with Crippen LogP contribution in [0.15, 0.2) is 30.3 Å². The van der Waals surface area contributed by atoms with Gasteiger partial charge in [-0.2, -0.15) is 0 Å². The zero-order valence-electron chi connectivity index (χ0n) is 15.3. The number of nitrogens with one attached hydrogen (secondary N) is 1. The van der Waals surface area contributed by atoms with Crippen LogP contribution in [0.1, 0.15) is 37.7 Å². The summed E-state index contributed by atoms with van der Waals surface area (Å²) in [5.41, 5.74) is 1.16. The average molecular weight is 374 g/mol. The number of rotatable bonds is 6. The van der Waals surface area contributed by atoms with Crippen LogP contribution in [0.25, 0.3) is 0 Å². The van der Waals surface area contributed by atoms with Gasteiger partial charge in [0, 0.05) is 25.6 Å². The summed E-state index contributed by atoms with van der Waals surface area (Å²) in [5, 5.41) is 11.9. The molecule has 2 N–H and O–H groups in total. The van der Waals surface area contributed by atoms with Gasteiger partial charge in [0.25, 0.3) is 0 Å². The van der Waals surface area contributed by atoms with E-state index >= 15 is 0 Å². The molecule has 2 atom stereocenters. The Kier molecular flexibility index (Phi) is 6.45. The molecule has 2 aliphatic heterocycles. The number of carbonyl (C=O) groups is 3. The summed E-state index contributed by atoms with van der Waals surface area (Å²) < 4.78 is 5.28. The first kappa shape index (κ1) is 19.4. The van der Waals surface area contributed by atoms with Gasteiger partial charge in [0.1, 0.15) is 6.10 Å². The summed E-state index contributed by atoms with van der Waals surface area (Å²) in [6.45, 7) is 1.25. The van der Waals surface area contributed by atoms with Crippen LogP contribution in [-0.4, -0.2) is 59.1 Å². The Morgan fingerprint density at radius 3 is 2.33 bits per heavy atom. The highest BCUT2D eigenvalue weighted by atomic mass is 16.5. The number of aliphatic carboxylic acids is 1. The minimum absolute atomic E-state index is 0.00292. The quantitative estimate of drug-likeness (QED) is 0.784. The predicted molar refractivity (Wildman–Crippen MR) is 98.0 cm³/mol. The van der Waals surface area contributed by atoms with E-state index in [0.29, 0.717) is 45.2 Å². The number of likely N-dealkylation sites (tertiary alicyclic amines) is 1. The van der Waals surface area contributed by atoms with Gasteiger partial charge in [0.15, 0.2) is 6.10 Å². The van der Waals surface area contributed by atoms with Gasteiger partial charge in [0.05, 0.1) is 0 Å². The smallest absolute Gasteiger partial charge is 0.332 e. The van der Waals surface area contributed by atoms with Crippen LogP contribution >= 0.6 is 0 Å². The molecule has 7 nitrogen and oxygen atoms in total. The maximum Gasteiger partial charge on any atom is 0.332 e. The molecule has 0 aromatic heterocycles. The Morgan fingerprint density at radius 2 is 1.70 bits per heavy atom. The number of hydrogen-bond acceptors (Lipinski definition) is 4. The van der Waals surface area contributed by atoms with Gasteiger partial charge in [-0.15, -0.1) is 0 Å². The van der Waals surface area contributed by atoms with E-state index in [1.165, 1.54) is 0 Å².